The van der Waals surface area contributed by atoms with Crippen molar-refractivity contribution in [1.29, 1.82) is 0 Å². The Morgan fingerprint density at radius 1 is 1.26 bits per heavy atom. The molecule has 1 aromatic heterocycles. The van der Waals surface area contributed by atoms with E-state index in [1.807, 2.05) is 12.1 Å². The number of aromatic nitrogens is 2. The Hall–Kier alpha value is -1.57. The predicted octanol–water partition coefficient (Wildman–Crippen LogP) is 2.58. The summed E-state index contributed by atoms with van der Waals surface area (Å²) in [4.78, 5) is 6.72. The number of H-pyrrole nitrogens is 1. The highest BCUT2D eigenvalue weighted by molar-refractivity contribution is 14.1. The van der Waals surface area contributed by atoms with Gasteiger partial charge in [-0.1, -0.05) is 13.8 Å². The second kappa shape index (κ2) is 5.60. The molecule has 19 heavy (non-hydrogen) atoms. The number of nitrogens with one attached hydrogen (secondary N) is 1. The van der Waals surface area contributed by atoms with Crippen LogP contribution in [0.1, 0.15) is 25.3 Å². The van der Waals surface area contributed by atoms with Crippen molar-refractivity contribution in [3.05, 3.63) is 33.5 Å². The summed E-state index contributed by atoms with van der Waals surface area (Å²) in [6.07, 6.45) is 1.61. The minimum absolute atomic E-state index is 0.261. The minimum Gasteiger partial charge on any atom is -0.449 e. The van der Waals surface area contributed by atoms with Crippen LogP contribution in [0, 0.1) is 3.57 Å². The number of nitrogens with two attached hydrogens (primary N) is 2. The molecule has 1 aromatic carbocycles. The van der Waals surface area contributed by atoms with Crippen LogP contribution in [0.15, 0.2) is 24.4 Å². The van der Waals surface area contributed by atoms with Gasteiger partial charge in [-0.3, -0.25) is 5.73 Å². The second-order valence-corrected chi connectivity index (χ2v) is 5.72. The Morgan fingerprint density at radius 3 is 2.63 bits per heavy atom. The number of hydrogen-bond acceptors (Lipinski definition) is 4. The quantitative estimate of drug-likeness (QED) is 0.812. The fourth-order valence-electron chi connectivity index (χ4n) is 1.69. The summed E-state index contributed by atoms with van der Waals surface area (Å²) in [5.74, 6) is 2.14. The van der Waals surface area contributed by atoms with E-state index in [0.717, 1.165) is 11.3 Å². The average Bonchev–Trinajstić information content (AvgIpc) is 2.34. The van der Waals surface area contributed by atoms with Crippen molar-refractivity contribution >= 4 is 34.4 Å². The molecule has 5 nitrogen and oxygen atoms in total. The summed E-state index contributed by atoms with van der Waals surface area (Å²) in [6, 6.07) is 6.03. The van der Waals surface area contributed by atoms with Gasteiger partial charge in [-0.15, -0.1) is 0 Å². The summed E-state index contributed by atoms with van der Waals surface area (Å²) in [5, 5.41) is 0. The molecule has 0 aliphatic carbocycles. The molecule has 0 aliphatic rings. The molecule has 5 N–H and O–H groups in total. The molecule has 0 spiro atoms. The van der Waals surface area contributed by atoms with Gasteiger partial charge in [-0.2, -0.15) is 0 Å². The summed E-state index contributed by atoms with van der Waals surface area (Å²) in [6.45, 7) is 4.24. The highest BCUT2D eigenvalue weighted by atomic mass is 127. The van der Waals surface area contributed by atoms with E-state index in [4.69, 9.17) is 16.2 Å². The standard InChI is InChI=1S/C13H15IN4O/c1-7(2)9-5-8(14)3-4-10(9)19-11-6-17-13(16)18-12(11)15/h3-7H,1-2H3,(H4,15,16,17,18)/p+1. The lowest BCUT2D eigenvalue weighted by atomic mass is 10.0. The molecule has 0 bridgehead atoms. The van der Waals surface area contributed by atoms with Crippen molar-refractivity contribution in [2.24, 2.45) is 0 Å². The predicted molar refractivity (Wildman–Crippen MR) is 82.9 cm³/mol. The molecule has 6 heteroatoms. The SMILES string of the molecule is CC(C)c1cc(I)ccc1Oc1c[nH+]c(N)nc1N. The van der Waals surface area contributed by atoms with Crippen LogP contribution in [-0.4, -0.2) is 4.98 Å². The third-order valence-electron chi connectivity index (χ3n) is 2.66. The van der Waals surface area contributed by atoms with Crippen LogP contribution in [0.5, 0.6) is 11.5 Å². The number of anilines is 2. The number of aromatic amines is 1. The van der Waals surface area contributed by atoms with Gasteiger partial charge in [0, 0.05) is 3.57 Å². The van der Waals surface area contributed by atoms with Gasteiger partial charge in [0.1, 0.15) is 11.9 Å². The van der Waals surface area contributed by atoms with E-state index in [1.54, 1.807) is 6.20 Å². The Bertz CT molecular complexity index is 601. The molecule has 0 saturated heterocycles. The fourth-order valence-corrected chi connectivity index (χ4v) is 2.21. The normalized spacial score (nSPS) is 10.7. The fraction of sp³-hybridized carbons (Fsp3) is 0.231. The Labute approximate surface area is 125 Å². The number of nitrogen functional groups attached to an aromatic ring is 2. The van der Waals surface area contributed by atoms with Crippen molar-refractivity contribution in [2.75, 3.05) is 11.5 Å². The van der Waals surface area contributed by atoms with Gasteiger partial charge in [-0.25, -0.2) is 4.98 Å². The highest BCUT2D eigenvalue weighted by Gasteiger charge is 2.14. The second-order valence-electron chi connectivity index (χ2n) is 4.47. The first-order valence-corrected chi connectivity index (χ1v) is 6.96. The molecule has 0 atom stereocenters. The summed E-state index contributed by atoms with van der Waals surface area (Å²) >= 11 is 2.28. The molecule has 100 valence electrons. The summed E-state index contributed by atoms with van der Waals surface area (Å²) in [7, 11) is 0. The monoisotopic (exact) mass is 371 g/mol. The van der Waals surface area contributed by atoms with E-state index in [2.05, 4.69) is 52.5 Å². The van der Waals surface area contributed by atoms with E-state index in [-0.39, 0.29) is 11.8 Å². The van der Waals surface area contributed by atoms with Crippen LogP contribution in [0.3, 0.4) is 0 Å². The smallest absolute Gasteiger partial charge is 0.389 e. The van der Waals surface area contributed by atoms with Crippen LogP contribution in [0.4, 0.5) is 11.8 Å². The van der Waals surface area contributed by atoms with Crippen LogP contribution in [0.2, 0.25) is 0 Å². The van der Waals surface area contributed by atoms with Gasteiger partial charge < -0.3 is 10.5 Å². The first-order valence-electron chi connectivity index (χ1n) is 5.88. The molecule has 0 unspecified atom stereocenters. The lowest BCUT2D eigenvalue weighted by Crippen LogP contribution is -2.14. The van der Waals surface area contributed by atoms with Gasteiger partial charge in [-0.05, 0) is 57.3 Å². The first kappa shape index (κ1) is 13.9. The van der Waals surface area contributed by atoms with Crippen molar-refractivity contribution < 1.29 is 9.72 Å². The first-order chi connectivity index (χ1) is 8.97. The van der Waals surface area contributed by atoms with E-state index in [0.29, 0.717) is 11.7 Å². The van der Waals surface area contributed by atoms with Gasteiger partial charge in [0.25, 0.3) is 0 Å². The van der Waals surface area contributed by atoms with Gasteiger partial charge >= 0.3 is 5.95 Å². The molecule has 0 amide bonds. The molecule has 2 rings (SSSR count). The lowest BCUT2D eigenvalue weighted by Gasteiger charge is -2.13. The minimum atomic E-state index is 0.261. The highest BCUT2D eigenvalue weighted by Crippen LogP contribution is 2.33. The average molecular weight is 371 g/mol. The number of benzene rings is 1. The van der Waals surface area contributed by atoms with Crippen LogP contribution in [0.25, 0.3) is 0 Å². The number of halogens is 1. The van der Waals surface area contributed by atoms with Gasteiger partial charge in [0.05, 0.1) is 0 Å². The molecule has 0 saturated carbocycles. The Kier molecular flexibility index (Phi) is 4.08. The Balaban J connectivity index is 2.38. The van der Waals surface area contributed by atoms with Crippen molar-refractivity contribution in [3.63, 3.8) is 0 Å². The number of nitrogens with zero attached hydrogens (tertiary/aromatic N) is 1. The molecule has 0 radical (unpaired) electrons. The van der Waals surface area contributed by atoms with Crippen molar-refractivity contribution in [1.82, 2.24) is 4.98 Å². The summed E-state index contributed by atoms with van der Waals surface area (Å²) in [5.41, 5.74) is 12.4. The van der Waals surface area contributed by atoms with E-state index >= 15 is 0 Å². The van der Waals surface area contributed by atoms with Crippen LogP contribution < -0.4 is 21.2 Å². The topological polar surface area (TPSA) is 88.3 Å². The molecular formula is C13H16IN4O+. The van der Waals surface area contributed by atoms with E-state index in [1.165, 1.54) is 3.57 Å². The number of rotatable bonds is 3. The molecule has 0 aliphatic heterocycles. The zero-order valence-corrected chi connectivity index (χ0v) is 12.9. The summed E-state index contributed by atoms with van der Waals surface area (Å²) < 4.78 is 7.00. The number of ether oxygens (including phenoxy) is 1. The van der Waals surface area contributed by atoms with Crippen molar-refractivity contribution in [3.8, 4) is 11.5 Å². The molecule has 2 aromatic rings. The van der Waals surface area contributed by atoms with Crippen LogP contribution >= 0.6 is 22.6 Å². The van der Waals surface area contributed by atoms with Gasteiger partial charge in [0.2, 0.25) is 11.6 Å². The van der Waals surface area contributed by atoms with Crippen molar-refractivity contribution in [2.45, 2.75) is 19.8 Å². The van der Waals surface area contributed by atoms with Crippen LogP contribution in [-0.2, 0) is 0 Å². The largest absolute Gasteiger partial charge is 0.449 e. The van der Waals surface area contributed by atoms with E-state index in [9.17, 15) is 0 Å². The molecule has 1 heterocycles. The zero-order valence-electron chi connectivity index (χ0n) is 10.8. The van der Waals surface area contributed by atoms with Gasteiger partial charge in [0.15, 0.2) is 0 Å². The van der Waals surface area contributed by atoms with E-state index < -0.39 is 0 Å². The lowest BCUT2D eigenvalue weighted by molar-refractivity contribution is -0.365. The maximum absolute atomic E-state index is 5.83. The third kappa shape index (κ3) is 3.25. The number of hydrogen-bond donors (Lipinski definition) is 2. The maximum atomic E-state index is 5.83. The molecular weight excluding hydrogens is 355 g/mol. The Morgan fingerprint density at radius 2 is 2.00 bits per heavy atom. The zero-order chi connectivity index (χ0) is 14.0. The maximum Gasteiger partial charge on any atom is 0.389 e. The molecule has 0 fully saturated rings. The third-order valence-corrected chi connectivity index (χ3v) is 3.33.